The molecule has 0 spiro atoms. The molecule has 1 aliphatic heterocycles. The number of aliphatic carboxylic acids is 1. The van der Waals surface area contributed by atoms with E-state index in [1.807, 2.05) is 4.90 Å². The molecule has 9 nitrogen and oxygen atoms in total. The minimum absolute atomic E-state index is 0.0158. The fourth-order valence-electron chi connectivity index (χ4n) is 2.51. The van der Waals surface area contributed by atoms with Crippen LogP contribution in [0.5, 0.6) is 0 Å². The summed E-state index contributed by atoms with van der Waals surface area (Å²) >= 11 is 0. The van der Waals surface area contributed by atoms with Crippen LogP contribution in [0.4, 0.5) is 4.79 Å². The average molecular weight is 329 g/mol. The molecule has 0 radical (unpaired) electrons. The van der Waals surface area contributed by atoms with Crippen LogP contribution in [0, 0.1) is 0 Å². The van der Waals surface area contributed by atoms with Crippen LogP contribution in [-0.4, -0.2) is 85.2 Å². The van der Waals surface area contributed by atoms with Gasteiger partial charge in [-0.05, 0) is 26.3 Å². The molecule has 1 heterocycles. The molecule has 1 saturated heterocycles. The Morgan fingerprint density at radius 1 is 1.17 bits per heavy atom. The number of primary amides is 1. The number of carbonyl (C=O) groups is 3. The van der Waals surface area contributed by atoms with Crippen molar-refractivity contribution in [3.63, 3.8) is 0 Å². The molecule has 1 rings (SSSR count). The van der Waals surface area contributed by atoms with Gasteiger partial charge in [0.05, 0.1) is 12.6 Å². The Labute approximate surface area is 136 Å². The van der Waals surface area contributed by atoms with Gasteiger partial charge >= 0.3 is 12.0 Å². The predicted octanol–water partition coefficient (Wildman–Crippen LogP) is -1.36. The zero-order valence-electron chi connectivity index (χ0n) is 13.6. The van der Waals surface area contributed by atoms with Crippen LogP contribution >= 0.6 is 0 Å². The summed E-state index contributed by atoms with van der Waals surface area (Å²) in [6, 6.07) is -0.451. The molecule has 0 aromatic heterocycles. The summed E-state index contributed by atoms with van der Waals surface area (Å²) in [6.45, 7) is 2.76. The standard InChI is InChI=1S/C14H27N5O4/c1-16-11(13(15)22)4-2-3-5-17-14(23)19-8-6-18(7-9-19)10-12(20)21/h11,16H,2-10H2,1H3,(H2,15,22)(H,17,23)(H,20,21). The second kappa shape index (κ2) is 10.0. The molecule has 0 aromatic carbocycles. The maximum Gasteiger partial charge on any atom is 0.317 e. The van der Waals surface area contributed by atoms with E-state index in [1.165, 1.54) is 0 Å². The Kier molecular flexibility index (Phi) is 8.35. The summed E-state index contributed by atoms with van der Waals surface area (Å²) in [5, 5.41) is 14.4. The van der Waals surface area contributed by atoms with E-state index in [0.717, 1.165) is 12.8 Å². The minimum Gasteiger partial charge on any atom is -0.480 e. The van der Waals surface area contributed by atoms with Crippen molar-refractivity contribution in [2.24, 2.45) is 5.73 Å². The molecular weight excluding hydrogens is 302 g/mol. The second-order valence-corrected chi connectivity index (χ2v) is 5.63. The number of carboxylic acids is 1. The van der Waals surface area contributed by atoms with Crippen molar-refractivity contribution in [1.29, 1.82) is 0 Å². The number of nitrogens with zero attached hydrogens (tertiary/aromatic N) is 2. The molecule has 1 unspecified atom stereocenters. The Bertz CT molecular complexity index is 410. The normalized spacial score (nSPS) is 16.8. The van der Waals surface area contributed by atoms with Gasteiger partial charge in [-0.1, -0.05) is 0 Å². The number of nitrogens with two attached hydrogens (primary N) is 1. The molecule has 1 fully saturated rings. The lowest BCUT2D eigenvalue weighted by molar-refractivity contribution is -0.138. The summed E-state index contributed by atoms with van der Waals surface area (Å²) in [4.78, 5) is 37.2. The molecule has 23 heavy (non-hydrogen) atoms. The van der Waals surface area contributed by atoms with E-state index >= 15 is 0 Å². The quantitative estimate of drug-likeness (QED) is 0.387. The monoisotopic (exact) mass is 329 g/mol. The van der Waals surface area contributed by atoms with Gasteiger partial charge in [0, 0.05) is 32.7 Å². The number of unbranched alkanes of at least 4 members (excludes halogenated alkanes) is 1. The van der Waals surface area contributed by atoms with Gasteiger partial charge < -0.3 is 26.4 Å². The van der Waals surface area contributed by atoms with Crippen molar-refractivity contribution in [1.82, 2.24) is 20.4 Å². The summed E-state index contributed by atoms with van der Waals surface area (Å²) < 4.78 is 0. The zero-order chi connectivity index (χ0) is 17.2. The lowest BCUT2D eigenvalue weighted by Gasteiger charge is -2.33. The van der Waals surface area contributed by atoms with Crippen LogP contribution in [-0.2, 0) is 9.59 Å². The van der Waals surface area contributed by atoms with E-state index in [4.69, 9.17) is 10.8 Å². The number of carbonyl (C=O) groups excluding carboxylic acids is 2. The Balaban J connectivity index is 2.13. The number of nitrogens with one attached hydrogen (secondary N) is 2. The second-order valence-electron chi connectivity index (χ2n) is 5.63. The Morgan fingerprint density at radius 2 is 1.83 bits per heavy atom. The molecule has 1 aliphatic rings. The highest BCUT2D eigenvalue weighted by Crippen LogP contribution is 2.03. The van der Waals surface area contributed by atoms with E-state index in [0.29, 0.717) is 39.1 Å². The Hall–Kier alpha value is -1.87. The molecule has 0 aliphatic carbocycles. The Morgan fingerprint density at radius 3 is 2.35 bits per heavy atom. The third-order valence-electron chi connectivity index (χ3n) is 3.91. The molecule has 0 saturated carbocycles. The van der Waals surface area contributed by atoms with Gasteiger partial charge in [0.25, 0.3) is 0 Å². The van der Waals surface area contributed by atoms with E-state index in [2.05, 4.69) is 10.6 Å². The number of likely N-dealkylation sites (N-methyl/N-ethyl adjacent to an activating group) is 1. The van der Waals surface area contributed by atoms with Crippen molar-refractivity contribution in [3.05, 3.63) is 0 Å². The fraction of sp³-hybridized carbons (Fsp3) is 0.786. The van der Waals surface area contributed by atoms with Crippen LogP contribution in [0.1, 0.15) is 19.3 Å². The first-order valence-electron chi connectivity index (χ1n) is 7.87. The fourth-order valence-corrected chi connectivity index (χ4v) is 2.51. The van der Waals surface area contributed by atoms with Crippen LogP contribution in [0.15, 0.2) is 0 Å². The first-order valence-corrected chi connectivity index (χ1v) is 7.87. The number of rotatable bonds is 9. The van der Waals surface area contributed by atoms with Gasteiger partial charge in [0.2, 0.25) is 5.91 Å². The van der Waals surface area contributed by atoms with Crippen molar-refractivity contribution >= 4 is 17.9 Å². The maximum atomic E-state index is 12.0. The summed E-state index contributed by atoms with van der Waals surface area (Å²) in [5.41, 5.74) is 5.23. The van der Waals surface area contributed by atoms with Gasteiger partial charge in [-0.3, -0.25) is 14.5 Å². The number of amides is 3. The highest BCUT2D eigenvalue weighted by atomic mass is 16.4. The average Bonchev–Trinajstić information content (AvgIpc) is 2.50. The topological polar surface area (TPSA) is 128 Å². The predicted molar refractivity (Wildman–Crippen MR) is 84.9 cm³/mol. The summed E-state index contributed by atoms with van der Waals surface area (Å²) in [6.07, 6.45) is 2.22. The van der Waals surface area contributed by atoms with E-state index in [1.54, 1.807) is 11.9 Å². The van der Waals surface area contributed by atoms with Gasteiger partial charge in [-0.25, -0.2) is 4.79 Å². The van der Waals surface area contributed by atoms with Crippen LogP contribution in [0.3, 0.4) is 0 Å². The van der Waals surface area contributed by atoms with E-state index in [9.17, 15) is 14.4 Å². The largest absolute Gasteiger partial charge is 0.480 e. The number of carboxylic acid groups (broad SMARTS) is 1. The first-order chi connectivity index (χ1) is 10.9. The summed E-state index contributed by atoms with van der Waals surface area (Å²) in [7, 11) is 1.70. The van der Waals surface area contributed by atoms with Crippen LogP contribution in [0.2, 0.25) is 0 Å². The maximum absolute atomic E-state index is 12.0. The molecule has 3 amide bonds. The number of piperazine rings is 1. The van der Waals surface area contributed by atoms with Gasteiger partial charge in [-0.2, -0.15) is 0 Å². The van der Waals surface area contributed by atoms with Gasteiger partial charge in [0.1, 0.15) is 0 Å². The SMILES string of the molecule is CNC(CCCCNC(=O)N1CCN(CC(=O)O)CC1)C(N)=O. The van der Waals surface area contributed by atoms with Gasteiger partial charge in [-0.15, -0.1) is 0 Å². The molecular formula is C14H27N5O4. The highest BCUT2D eigenvalue weighted by Gasteiger charge is 2.21. The number of urea groups is 1. The number of hydrogen-bond acceptors (Lipinski definition) is 5. The van der Waals surface area contributed by atoms with Gasteiger partial charge in [0.15, 0.2) is 0 Å². The molecule has 0 aromatic rings. The van der Waals surface area contributed by atoms with E-state index in [-0.39, 0.29) is 24.5 Å². The molecule has 9 heteroatoms. The van der Waals surface area contributed by atoms with E-state index < -0.39 is 5.97 Å². The zero-order valence-corrected chi connectivity index (χ0v) is 13.6. The summed E-state index contributed by atoms with van der Waals surface area (Å²) in [5.74, 6) is -1.21. The molecule has 1 atom stereocenters. The van der Waals surface area contributed by atoms with Crippen molar-refractivity contribution < 1.29 is 19.5 Å². The minimum atomic E-state index is -0.848. The lowest BCUT2D eigenvalue weighted by atomic mass is 10.1. The smallest absolute Gasteiger partial charge is 0.317 e. The molecule has 5 N–H and O–H groups in total. The highest BCUT2D eigenvalue weighted by molar-refractivity contribution is 5.79. The number of hydrogen-bond donors (Lipinski definition) is 4. The van der Waals surface area contributed by atoms with Crippen LogP contribution in [0.25, 0.3) is 0 Å². The van der Waals surface area contributed by atoms with Crippen molar-refractivity contribution in [3.8, 4) is 0 Å². The third kappa shape index (κ3) is 7.29. The van der Waals surface area contributed by atoms with Crippen LogP contribution < -0.4 is 16.4 Å². The third-order valence-corrected chi connectivity index (χ3v) is 3.91. The first kappa shape index (κ1) is 19.2. The molecule has 132 valence electrons. The van der Waals surface area contributed by atoms with Crippen molar-refractivity contribution in [2.45, 2.75) is 25.3 Å². The lowest BCUT2D eigenvalue weighted by Crippen LogP contribution is -2.52. The van der Waals surface area contributed by atoms with Crippen molar-refractivity contribution in [2.75, 3.05) is 46.3 Å². The molecule has 0 bridgehead atoms.